The summed E-state index contributed by atoms with van der Waals surface area (Å²) in [7, 11) is 1.55. The second-order valence-corrected chi connectivity index (χ2v) is 4.92. The van der Waals surface area contributed by atoms with Gasteiger partial charge in [-0.1, -0.05) is 6.07 Å². The van der Waals surface area contributed by atoms with Crippen LogP contribution in [0.15, 0.2) is 39.4 Å². The van der Waals surface area contributed by atoms with Gasteiger partial charge in [-0.05, 0) is 58.7 Å². The van der Waals surface area contributed by atoms with Crippen LogP contribution in [0.3, 0.4) is 0 Å². The van der Waals surface area contributed by atoms with E-state index in [0.29, 0.717) is 12.3 Å². The topological polar surface area (TPSA) is 54.6 Å². The van der Waals surface area contributed by atoms with Crippen molar-refractivity contribution in [2.45, 2.75) is 13.0 Å². The number of hydrogen-bond acceptors (Lipinski definition) is 4. The van der Waals surface area contributed by atoms with Gasteiger partial charge < -0.3 is 19.6 Å². The van der Waals surface area contributed by atoms with Crippen molar-refractivity contribution in [3.05, 3.63) is 46.3 Å². The largest absolute Gasteiger partial charge is 0.504 e. The molecule has 1 aromatic carbocycles. The van der Waals surface area contributed by atoms with Crippen molar-refractivity contribution >= 4 is 15.9 Å². The van der Waals surface area contributed by atoms with Crippen LogP contribution < -0.4 is 10.1 Å². The minimum atomic E-state index is 0.166. The van der Waals surface area contributed by atoms with E-state index in [2.05, 4.69) is 21.2 Å². The van der Waals surface area contributed by atoms with E-state index in [1.807, 2.05) is 24.3 Å². The molecular weight excluding hydrogens is 310 g/mol. The maximum absolute atomic E-state index is 9.50. The molecule has 2 aromatic rings. The van der Waals surface area contributed by atoms with E-state index in [0.717, 1.165) is 29.0 Å². The third-order valence-electron chi connectivity index (χ3n) is 2.76. The maximum atomic E-state index is 9.50. The molecule has 0 radical (unpaired) electrons. The van der Waals surface area contributed by atoms with Gasteiger partial charge in [0.1, 0.15) is 5.76 Å². The van der Waals surface area contributed by atoms with E-state index in [1.165, 1.54) is 0 Å². The summed E-state index contributed by atoms with van der Waals surface area (Å²) >= 11 is 3.27. The number of methoxy groups -OCH3 is 1. The number of benzene rings is 1. The Bertz CT molecular complexity index is 539. The molecule has 2 N–H and O–H groups in total. The number of furan rings is 1. The van der Waals surface area contributed by atoms with Gasteiger partial charge in [-0.3, -0.25) is 0 Å². The summed E-state index contributed by atoms with van der Waals surface area (Å²) in [6.07, 6.45) is 0.860. The Morgan fingerprint density at radius 1 is 1.32 bits per heavy atom. The van der Waals surface area contributed by atoms with Crippen LogP contribution in [0.4, 0.5) is 0 Å². The van der Waals surface area contributed by atoms with Crippen molar-refractivity contribution in [1.82, 2.24) is 5.32 Å². The number of nitrogens with one attached hydrogen (secondary N) is 1. The summed E-state index contributed by atoms with van der Waals surface area (Å²) in [6.45, 7) is 1.52. The van der Waals surface area contributed by atoms with Gasteiger partial charge in [0.15, 0.2) is 16.2 Å². The molecule has 5 heteroatoms. The maximum Gasteiger partial charge on any atom is 0.169 e. The lowest BCUT2D eigenvalue weighted by Crippen LogP contribution is -2.16. The molecule has 0 amide bonds. The zero-order valence-corrected chi connectivity index (χ0v) is 12.2. The first-order valence-corrected chi connectivity index (χ1v) is 6.79. The van der Waals surface area contributed by atoms with E-state index in [1.54, 1.807) is 13.2 Å². The number of halogens is 1. The summed E-state index contributed by atoms with van der Waals surface area (Å²) in [5.74, 6) is 1.57. The van der Waals surface area contributed by atoms with Crippen molar-refractivity contribution in [3.63, 3.8) is 0 Å². The van der Waals surface area contributed by atoms with Crippen LogP contribution in [0.25, 0.3) is 0 Å². The average molecular weight is 326 g/mol. The van der Waals surface area contributed by atoms with E-state index in [4.69, 9.17) is 9.15 Å². The normalized spacial score (nSPS) is 10.6. The number of rotatable bonds is 6. The zero-order valence-electron chi connectivity index (χ0n) is 10.6. The number of phenolic OH excluding ortho intramolecular Hbond substituents is 1. The molecule has 0 fully saturated rings. The van der Waals surface area contributed by atoms with Crippen molar-refractivity contribution in [1.29, 1.82) is 0 Å². The molecule has 0 aliphatic heterocycles. The number of aromatic hydroxyl groups is 1. The Labute approximate surface area is 120 Å². The van der Waals surface area contributed by atoms with Crippen LogP contribution >= 0.6 is 15.9 Å². The van der Waals surface area contributed by atoms with Gasteiger partial charge >= 0.3 is 0 Å². The van der Waals surface area contributed by atoms with E-state index in [9.17, 15) is 5.11 Å². The molecule has 0 aliphatic carbocycles. The molecule has 19 heavy (non-hydrogen) atoms. The van der Waals surface area contributed by atoms with Gasteiger partial charge in [0.25, 0.3) is 0 Å². The first-order valence-electron chi connectivity index (χ1n) is 6.00. The molecule has 0 bridgehead atoms. The third-order valence-corrected chi connectivity index (χ3v) is 3.19. The fraction of sp³-hybridized carbons (Fsp3) is 0.286. The Kier molecular flexibility index (Phi) is 4.87. The molecule has 0 saturated heterocycles. The quantitative estimate of drug-likeness (QED) is 0.801. The fourth-order valence-electron chi connectivity index (χ4n) is 1.77. The van der Waals surface area contributed by atoms with Crippen molar-refractivity contribution in [3.8, 4) is 11.5 Å². The molecule has 0 unspecified atom stereocenters. The van der Waals surface area contributed by atoms with Crippen molar-refractivity contribution in [2.24, 2.45) is 0 Å². The lowest BCUT2D eigenvalue weighted by Gasteiger charge is -2.07. The summed E-state index contributed by atoms with van der Waals surface area (Å²) < 4.78 is 11.2. The van der Waals surface area contributed by atoms with Crippen LogP contribution in [0.5, 0.6) is 11.5 Å². The average Bonchev–Trinajstić information content (AvgIpc) is 2.82. The smallest absolute Gasteiger partial charge is 0.169 e. The van der Waals surface area contributed by atoms with Crippen LogP contribution in [-0.4, -0.2) is 18.8 Å². The Morgan fingerprint density at radius 3 is 2.84 bits per heavy atom. The Balaban J connectivity index is 1.79. The highest BCUT2D eigenvalue weighted by atomic mass is 79.9. The van der Waals surface area contributed by atoms with Gasteiger partial charge in [-0.25, -0.2) is 0 Å². The van der Waals surface area contributed by atoms with Gasteiger partial charge in [-0.15, -0.1) is 0 Å². The van der Waals surface area contributed by atoms with Gasteiger partial charge in [0.05, 0.1) is 13.7 Å². The number of phenols is 1. The zero-order chi connectivity index (χ0) is 13.7. The number of hydrogen-bond donors (Lipinski definition) is 2. The van der Waals surface area contributed by atoms with Crippen LogP contribution in [0, 0.1) is 0 Å². The second-order valence-electron chi connectivity index (χ2n) is 4.14. The van der Waals surface area contributed by atoms with Gasteiger partial charge in [0, 0.05) is 0 Å². The molecule has 4 nitrogen and oxygen atoms in total. The van der Waals surface area contributed by atoms with Crippen molar-refractivity contribution in [2.75, 3.05) is 13.7 Å². The first kappa shape index (κ1) is 14.0. The summed E-state index contributed by atoms with van der Waals surface area (Å²) in [6, 6.07) is 9.20. The standard InChI is InChI=1S/C14H16BrNO3/c1-18-13-8-10(2-4-12(13)17)6-7-16-9-11-3-5-14(15)19-11/h2-5,8,16-17H,6-7,9H2,1H3. The molecule has 0 saturated carbocycles. The summed E-state index contributed by atoms with van der Waals surface area (Å²) in [5, 5.41) is 12.8. The van der Waals surface area contributed by atoms with E-state index in [-0.39, 0.29) is 5.75 Å². The van der Waals surface area contributed by atoms with Crippen LogP contribution in [-0.2, 0) is 13.0 Å². The summed E-state index contributed by atoms with van der Waals surface area (Å²) in [5.41, 5.74) is 1.11. The highest BCUT2D eigenvalue weighted by Crippen LogP contribution is 2.26. The highest BCUT2D eigenvalue weighted by Gasteiger charge is 2.03. The molecular formula is C14H16BrNO3. The third kappa shape index (κ3) is 4.01. The summed E-state index contributed by atoms with van der Waals surface area (Å²) in [4.78, 5) is 0. The molecule has 1 aromatic heterocycles. The lowest BCUT2D eigenvalue weighted by molar-refractivity contribution is 0.373. The SMILES string of the molecule is COc1cc(CCNCc2ccc(Br)o2)ccc1O. The van der Waals surface area contributed by atoms with Gasteiger partial charge in [-0.2, -0.15) is 0 Å². The minimum absolute atomic E-state index is 0.166. The predicted octanol–water partition coefficient (Wildman–Crippen LogP) is 3.09. The molecule has 2 rings (SSSR count). The Hall–Kier alpha value is -1.46. The van der Waals surface area contributed by atoms with Crippen LogP contribution in [0.1, 0.15) is 11.3 Å². The highest BCUT2D eigenvalue weighted by molar-refractivity contribution is 9.10. The van der Waals surface area contributed by atoms with Gasteiger partial charge in [0.2, 0.25) is 0 Å². The first-order chi connectivity index (χ1) is 9.19. The second kappa shape index (κ2) is 6.63. The lowest BCUT2D eigenvalue weighted by atomic mass is 10.1. The molecule has 0 atom stereocenters. The fourth-order valence-corrected chi connectivity index (χ4v) is 2.11. The molecule has 102 valence electrons. The molecule has 1 heterocycles. The number of ether oxygens (including phenoxy) is 1. The van der Waals surface area contributed by atoms with E-state index >= 15 is 0 Å². The monoisotopic (exact) mass is 325 g/mol. The molecule has 0 spiro atoms. The molecule has 0 aliphatic rings. The van der Waals surface area contributed by atoms with Crippen LogP contribution in [0.2, 0.25) is 0 Å². The van der Waals surface area contributed by atoms with Crippen molar-refractivity contribution < 1.29 is 14.3 Å². The Morgan fingerprint density at radius 2 is 2.16 bits per heavy atom. The predicted molar refractivity (Wildman–Crippen MR) is 76.5 cm³/mol. The van der Waals surface area contributed by atoms with E-state index < -0.39 is 0 Å². The minimum Gasteiger partial charge on any atom is -0.504 e.